The number of nitrogens with zero attached hydrogens (tertiary/aromatic N) is 2. The number of para-hydroxylation sites is 1. The van der Waals surface area contributed by atoms with E-state index in [9.17, 15) is 4.79 Å². The molecule has 0 aliphatic carbocycles. The summed E-state index contributed by atoms with van der Waals surface area (Å²) in [6, 6.07) is 15.2. The summed E-state index contributed by atoms with van der Waals surface area (Å²) in [6.45, 7) is 1.98. The molecule has 0 radical (unpaired) electrons. The number of amides is 1. The Labute approximate surface area is 159 Å². The van der Waals surface area contributed by atoms with Gasteiger partial charge in [0.25, 0.3) is 5.91 Å². The second kappa shape index (κ2) is 8.47. The molecule has 2 aromatic carbocycles. The summed E-state index contributed by atoms with van der Waals surface area (Å²) in [7, 11) is 0. The van der Waals surface area contributed by atoms with Crippen LogP contribution >= 0.6 is 34.7 Å². The average Bonchev–Trinajstić information content (AvgIpc) is 3.02. The Bertz CT molecular complexity index is 877. The van der Waals surface area contributed by atoms with Gasteiger partial charge in [0.2, 0.25) is 0 Å². The second-order valence-corrected chi connectivity index (χ2v) is 8.17. The molecule has 3 rings (SSSR count). The van der Waals surface area contributed by atoms with Crippen molar-refractivity contribution in [3.05, 3.63) is 59.1 Å². The molecule has 0 aliphatic heterocycles. The predicted molar refractivity (Wildman–Crippen MR) is 107 cm³/mol. The molecule has 7 heteroatoms. The fourth-order valence-corrected chi connectivity index (χ4v) is 4.60. The third-order valence-electron chi connectivity index (χ3n) is 3.42. The Morgan fingerprint density at radius 2 is 2.20 bits per heavy atom. The van der Waals surface area contributed by atoms with Crippen molar-refractivity contribution in [1.29, 1.82) is 0 Å². The maximum atomic E-state index is 12.4. The first-order valence-corrected chi connectivity index (χ1v) is 9.84. The lowest BCUT2D eigenvalue weighted by Gasteiger charge is -2.10. The van der Waals surface area contributed by atoms with E-state index < -0.39 is 0 Å². The molecule has 4 nitrogen and oxygen atoms in total. The molecule has 3 aromatic rings. The molecule has 0 unspecified atom stereocenters. The summed E-state index contributed by atoms with van der Waals surface area (Å²) in [5.74, 6) is -0.134. The van der Waals surface area contributed by atoms with Gasteiger partial charge in [-0.3, -0.25) is 4.79 Å². The number of benzene rings is 2. The van der Waals surface area contributed by atoms with E-state index in [1.165, 1.54) is 11.8 Å². The quantitative estimate of drug-likeness (QED) is 0.368. The van der Waals surface area contributed by atoms with E-state index in [2.05, 4.69) is 15.5 Å². The van der Waals surface area contributed by atoms with Crippen LogP contribution < -0.4 is 5.43 Å². The summed E-state index contributed by atoms with van der Waals surface area (Å²) in [6.07, 6.45) is 2.28. The van der Waals surface area contributed by atoms with Crippen molar-refractivity contribution < 1.29 is 4.79 Å². The highest BCUT2D eigenvalue weighted by molar-refractivity contribution is 8.02. The fraction of sp³-hybridized carbons (Fsp3) is 0.167. The van der Waals surface area contributed by atoms with Gasteiger partial charge in [0.05, 0.1) is 21.7 Å². The number of aromatic nitrogens is 1. The van der Waals surface area contributed by atoms with E-state index in [-0.39, 0.29) is 11.2 Å². The van der Waals surface area contributed by atoms with Gasteiger partial charge < -0.3 is 0 Å². The fourth-order valence-electron chi connectivity index (χ4n) is 2.17. The van der Waals surface area contributed by atoms with E-state index in [4.69, 9.17) is 11.6 Å². The molecule has 0 saturated heterocycles. The third-order valence-corrected chi connectivity index (χ3v) is 6.15. The Morgan fingerprint density at radius 1 is 1.36 bits per heavy atom. The number of hydrogen-bond donors (Lipinski definition) is 1. The van der Waals surface area contributed by atoms with Gasteiger partial charge in [-0.2, -0.15) is 5.10 Å². The van der Waals surface area contributed by atoms with Crippen LogP contribution in [0.3, 0.4) is 0 Å². The van der Waals surface area contributed by atoms with Gasteiger partial charge in [-0.1, -0.05) is 54.6 Å². The molecule has 128 valence electrons. The van der Waals surface area contributed by atoms with Crippen LogP contribution in [0.25, 0.3) is 10.2 Å². The van der Waals surface area contributed by atoms with E-state index >= 15 is 0 Å². The molecular weight excluding hydrogens is 374 g/mol. The topological polar surface area (TPSA) is 54.4 Å². The number of carbonyl (C=O) groups excluding carboxylic acids is 1. The zero-order chi connectivity index (χ0) is 17.6. The van der Waals surface area contributed by atoms with Crippen LogP contribution in [0.5, 0.6) is 0 Å². The minimum Gasteiger partial charge on any atom is -0.272 e. The standard InChI is InChI=1S/C18H16ClN3OS2/c1-2-15(24-18-21-14-8-3-4-9-16(14)25-18)17(23)22-20-11-12-6-5-7-13(19)10-12/h3-11,15H,2H2,1H3,(H,22,23)/b20-11+/t15-/m1/s1. The van der Waals surface area contributed by atoms with Crippen molar-refractivity contribution >= 4 is 57.0 Å². The summed E-state index contributed by atoms with van der Waals surface area (Å²) in [5.41, 5.74) is 4.39. The first kappa shape index (κ1) is 17.9. The van der Waals surface area contributed by atoms with Crippen LogP contribution in [-0.2, 0) is 4.79 Å². The van der Waals surface area contributed by atoms with Crippen LogP contribution in [0.4, 0.5) is 0 Å². The van der Waals surface area contributed by atoms with Gasteiger partial charge in [0, 0.05) is 5.02 Å². The van der Waals surface area contributed by atoms with Crippen molar-refractivity contribution in [3.63, 3.8) is 0 Å². The normalized spacial score (nSPS) is 12.6. The number of nitrogens with one attached hydrogen (secondary N) is 1. The summed E-state index contributed by atoms with van der Waals surface area (Å²) >= 11 is 9.00. The van der Waals surface area contributed by atoms with Crippen molar-refractivity contribution in [2.24, 2.45) is 5.10 Å². The number of hydrogen-bond acceptors (Lipinski definition) is 5. The Hall–Kier alpha value is -1.89. The number of carbonyl (C=O) groups is 1. The number of thiazole rings is 1. The average molecular weight is 390 g/mol. The molecule has 1 atom stereocenters. The molecular formula is C18H16ClN3OS2. The monoisotopic (exact) mass is 389 g/mol. The number of rotatable bonds is 6. The zero-order valence-corrected chi connectivity index (χ0v) is 15.9. The van der Waals surface area contributed by atoms with Crippen molar-refractivity contribution in [2.75, 3.05) is 0 Å². The van der Waals surface area contributed by atoms with Crippen LogP contribution in [0.2, 0.25) is 5.02 Å². The molecule has 25 heavy (non-hydrogen) atoms. The van der Waals surface area contributed by atoms with Crippen LogP contribution in [-0.4, -0.2) is 22.4 Å². The molecule has 0 bridgehead atoms. The molecule has 0 saturated carbocycles. The molecule has 0 aliphatic rings. The summed E-state index contributed by atoms with van der Waals surface area (Å²) in [5, 5.41) is 4.42. The molecule has 0 fully saturated rings. The van der Waals surface area contributed by atoms with E-state index in [0.717, 1.165) is 20.1 Å². The lowest BCUT2D eigenvalue weighted by molar-refractivity contribution is -0.120. The second-order valence-electron chi connectivity index (χ2n) is 5.25. The highest BCUT2D eigenvalue weighted by atomic mass is 35.5. The molecule has 1 N–H and O–H groups in total. The maximum absolute atomic E-state index is 12.4. The SMILES string of the molecule is CC[C@@H](Sc1nc2ccccc2s1)C(=O)N/N=C/c1cccc(Cl)c1. The largest absolute Gasteiger partial charge is 0.272 e. The molecule has 1 aromatic heterocycles. The van der Waals surface area contributed by atoms with Gasteiger partial charge in [0.1, 0.15) is 0 Å². The van der Waals surface area contributed by atoms with Crippen LogP contribution in [0.15, 0.2) is 58.0 Å². The highest BCUT2D eigenvalue weighted by Gasteiger charge is 2.19. The van der Waals surface area contributed by atoms with Gasteiger partial charge in [0.15, 0.2) is 4.34 Å². The zero-order valence-electron chi connectivity index (χ0n) is 13.5. The minimum absolute atomic E-state index is 0.134. The number of halogens is 1. The predicted octanol–water partition coefficient (Wildman–Crippen LogP) is 4.97. The summed E-state index contributed by atoms with van der Waals surface area (Å²) in [4.78, 5) is 16.9. The van der Waals surface area contributed by atoms with E-state index in [1.807, 2.05) is 43.3 Å². The van der Waals surface area contributed by atoms with E-state index in [0.29, 0.717) is 11.4 Å². The van der Waals surface area contributed by atoms with Gasteiger partial charge >= 0.3 is 0 Å². The molecule has 1 heterocycles. The highest BCUT2D eigenvalue weighted by Crippen LogP contribution is 2.33. The number of hydrazone groups is 1. The lowest BCUT2D eigenvalue weighted by atomic mass is 10.2. The molecule has 1 amide bonds. The number of thioether (sulfide) groups is 1. The Kier molecular flexibility index (Phi) is 6.07. The smallest absolute Gasteiger partial charge is 0.253 e. The minimum atomic E-state index is -0.239. The lowest BCUT2D eigenvalue weighted by Crippen LogP contribution is -2.28. The third kappa shape index (κ3) is 4.81. The van der Waals surface area contributed by atoms with Gasteiger partial charge in [-0.25, -0.2) is 10.4 Å². The van der Waals surface area contributed by atoms with Crippen molar-refractivity contribution in [3.8, 4) is 0 Å². The van der Waals surface area contributed by atoms with Crippen LogP contribution in [0.1, 0.15) is 18.9 Å². The summed E-state index contributed by atoms with van der Waals surface area (Å²) < 4.78 is 2.02. The maximum Gasteiger partial charge on any atom is 0.253 e. The first-order chi connectivity index (χ1) is 12.2. The van der Waals surface area contributed by atoms with Crippen molar-refractivity contribution in [1.82, 2.24) is 10.4 Å². The molecule has 0 spiro atoms. The number of fused-ring (bicyclic) bond motifs is 1. The Balaban J connectivity index is 1.62. The van der Waals surface area contributed by atoms with Crippen LogP contribution in [0, 0.1) is 0 Å². The first-order valence-electron chi connectivity index (χ1n) is 7.76. The van der Waals surface area contributed by atoms with E-state index in [1.54, 1.807) is 29.7 Å². The van der Waals surface area contributed by atoms with Crippen molar-refractivity contribution in [2.45, 2.75) is 22.9 Å². The Morgan fingerprint density at radius 3 is 2.96 bits per heavy atom. The van der Waals surface area contributed by atoms with Gasteiger partial charge in [-0.15, -0.1) is 11.3 Å². The van der Waals surface area contributed by atoms with Gasteiger partial charge in [-0.05, 0) is 36.2 Å².